The Morgan fingerprint density at radius 3 is 1.96 bits per heavy atom. The molecule has 0 bridgehead atoms. The molecule has 4 heteroatoms. The van der Waals surface area contributed by atoms with E-state index in [1.807, 2.05) is 66.9 Å². The standard InChI is InChI=1S/C24H15ClINO/c25-19-13-11-18(12-14-19)24(28)22-21(16-7-3-1-4-8-16)20(26)15-27-23(22)17-9-5-2-6-10-17/h1-15H. The molecule has 0 amide bonds. The van der Waals surface area contributed by atoms with Gasteiger partial charge in [0, 0.05) is 31.5 Å². The highest BCUT2D eigenvalue weighted by Gasteiger charge is 2.23. The highest BCUT2D eigenvalue weighted by Crippen LogP contribution is 2.36. The number of nitrogens with zero attached hydrogens (tertiary/aromatic N) is 1. The summed E-state index contributed by atoms with van der Waals surface area (Å²) in [4.78, 5) is 18.3. The molecule has 1 aromatic heterocycles. The van der Waals surface area contributed by atoms with E-state index in [9.17, 15) is 4.79 Å². The maximum atomic E-state index is 13.6. The molecule has 2 nitrogen and oxygen atoms in total. The number of pyridine rings is 1. The SMILES string of the molecule is O=C(c1ccc(Cl)cc1)c1c(-c2ccccc2)ncc(I)c1-c1ccccc1. The first-order valence-electron chi connectivity index (χ1n) is 8.75. The van der Waals surface area contributed by atoms with E-state index in [4.69, 9.17) is 11.6 Å². The first kappa shape index (κ1) is 18.8. The zero-order chi connectivity index (χ0) is 19.5. The van der Waals surface area contributed by atoms with Gasteiger partial charge >= 0.3 is 0 Å². The Bertz CT molecular complexity index is 1130. The largest absolute Gasteiger partial charge is 0.289 e. The van der Waals surface area contributed by atoms with Crippen molar-refractivity contribution in [3.05, 3.63) is 111 Å². The molecule has 0 unspecified atom stereocenters. The third-order valence-corrected chi connectivity index (χ3v) is 5.55. The van der Waals surface area contributed by atoms with Crippen LogP contribution in [-0.4, -0.2) is 10.8 Å². The molecule has 0 aliphatic heterocycles. The first-order chi connectivity index (χ1) is 13.6. The lowest BCUT2D eigenvalue weighted by molar-refractivity contribution is 0.103. The molecular formula is C24H15ClINO. The van der Waals surface area contributed by atoms with Gasteiger partial charge < -0.3 is 0 Å². The van der Waals surface area contributed by atoms with Crippen LogP contribution in [0.5, 0.6) is 0 Å². The molecule has 0 radical (unpaired) electrons. The van der Waals surface area contributed by atoms with E-state index in [0.717, 1.165) is 20.3 Å². The number of hydrogen-bond acceptors (Lipinski definition) is 2. The minimum atomic E-state index is -0.0691. The molecule has 1 heterocycles. The van der Waals surface area contributed by atoms with Crippen molar-refractivity contribution in [2.45, 2.75) is 0 Å². The summed E-state index contributed by atoms with van der Waals surface area (Å²) >= 11 is 8.26. The van der Waals surface area contributed by atoms with Crippen molar-refractivity contribution in [2.24, 2.45) is 0 Å². The fourth-order valence-corrected chi connectivity index (χ4v) is 4.00. The van der Waals surface area contributed by atoms with E-state index in [-0.39, 0.29) is 5.78 Å². The Hall–Kier alpha value is -2.50. The van der Waals surface area contributed by atoms with Crippen LogP contribution in [0, 0.1) is 3.57 Å². The molecule has 4 aromatic rings. The summed E-state index contributed by atoms with van der Waals surface area (Å²) in [6.45, 7) is 0. The van der Waals surface area contributed by atoms with Crippen molar-refractivity contribution in [1.29, 1.82) is 0 Å². The summed E-state index contributed by atoms with van der Waals surface area (Å²) in [5.41, 5.74) is 4.67. The van der Waals surface area contributed by atoms with Gasteiger partial charge in [0.15, 0.2) is 5.78 Å². The fraction of sp³-hybridized carbons (Fsp3) is 0. The topological polar surface area (TPSA) is 30.0 Å². The predicted octanol–water partition coefficient (Wildman–Crippen LogP) is 6.90. The number of benzene rings is 3. The Kier molecular flexibility index (Phi) is 5.55. The predicted molar refractivity (Wildman–Crippen MR) is 123 cm³/mol. The normalized spacial score (nSPS) is 10.6. The maximum absolute atomic E-state index is 13.6. The lowest BCUT2D eigenvalue weighted by Gasteiger charge is -2.16. The number of aromatic nitrogens is 1. The molecule has 0 N–H and O–H groups in total. The number of ketones is 1. The van der Waals surface area contributed by atoms with Crippen molar-refractivity contribution in [3.8, 4) is 22.4 Å². The third-order valence-electron chi connectivity index (χ3n) is 4.48. The Labute approximate surface area is 182 Å². The van der Waals surface area contributed by atoms with Crippen LogP contribution in [0.3, 0.4) is 0 Å². The second kappa shape index (κ2) is 8.25. The maximum Gasteiger partial charge on any atom is 0.195 e. The molecule has 0 saturated heterocycles. The average Bonchev–Trinajstić information content (AvgIpc) is 2.75. The molecule has 136 valence electrons. The number of carbonyl (C=O) groups excluding carboxylic acids is 1. The van der Waals surface area contributed by atoms with Gasteiger partial charge in [-0.2, -0.15) is 0 Å². The molecule has 0 atom stereocenters. The van der Waals surface area contributed by atoms with Gasteiger partial charge in [0.05, 0.1) is 11.3 Å². The van der Waals surface area contributed by atoms with E-state index in [1.165, 1.54) is 0 Å². The molecule has 0 spiro atoms. The molecule has 0 fully saturated rings. The van der Waals surface area contributed by atoms with Crippen LogP contribution >= 0.6 is 34.2 Å². The van der Waals surface area contributed by atoms with Gasteiger partial charge in [-0.25, -0.2) is 0 Å². The fourth-order valence-electron chi connectivity index (χ4n) is 3.16. The smallest absolute Gasteiger partial charge is 0.195 e. The van der Waals surface area contributed by atoms with E-state index in [0.29, 0.717) is 21.8 Å². The van der Waals surface area contributed by atoms with Gasteiger partial charge in [-0.3, -0.25) is 9.78 Å². The summed E-state index contributed by atoms with van der Waals surface area (Å²) in [7, 11) is 0. The Morgan fingerprint density at radius 1 is 0.786 bits per heavy atom. The number of hydrogen-bond donors (Lipinski definition) is 0. The molecule has 0 saturated carbocycles. The van der Waals surface area contributed by atoms with Gasteiger partial charge in [0.1, 0.15) is 0 Å². The minimum absolute atomic E-state index is 0.0691. The van der Waals surface area contributed by atoms with E-state index >= 15 is 0 Å². The van der Waals surface area contributed by atoms with Crippen LogP contribution in [0.1, 0.15) is 15.9 Å². The third kappa shape index (κ3) is 3.73. The molecule has 0 aliphatic rings. The molecular weight excluding hydrogens is 481 g/mol. The minimum Gasteiger partial charge on any atom is -0.289 e. The van der Waals surface area contributed by atoms with Crippen LogP contribution in [0.2, 0.25) is 5.02 Å². The molecule has 3 aromatic carbocycles. The average molecular weight is 496 g/mol. The van der Waals surface area contributed by atoms with Crippen LogP contribution in [0.15, 0.2) is 91.1 Å². The lowest BCUT2D eigenvalue weighted by atomic mass is 9.91. The summed E-state index contributed by atoms with van der Waals surface area (Å²) in [6, 6.07) is 26.8. The number of carbonyl (C=O) groups is 1. The molecule has 28 heavy (non-hydrogen) atoms. The van der Waals surface area contributed by atoms with Crippen LogP contribution in [-0.2, 0) is 0 Å². The molecule has 4 rings (SSSR count). The van der Waals surface area contributed by atoms with Crippen LogP contribution < -0.4 is 0 Å². The van der Waals surface area contributed by atoms with E-state index in [2.05, 4.69) is 27.6 Å². The second-order valence-electron chi connectivity index (χ2n) is 6.27. The zero-order valence-electron chi connectivity index (χ0n) is 14.8. The Balaban J connectivity index is 2.01. The first-order valence-corrected chi connectivity index (χ1v) is 10.2. The van der Waals surface area contributed by atoms with Gasteiger partial charge in [-0.15, -0.1) is 0 Å². The summed E-state index contributed by atoms with van der Waals surface area (Å²) < 4.78 is 0.931. The highest BCUT2D eigenvalue weighted by atomic mass is 127. The quantitative estimate of drug-likeness (QED) is 0.228. The van der Waals surface area contributed by atoms with Crippen molar-refractivity contribution in [2.75, 3.05) is 0 Å². The highest BCUT2D eigenvalue weighted by molar-refractivity contribution is 14.1. The van der Waals surface area contributed by atoms with Crippen molar-refractivity contribution < 1.29 is 4.79 Å². The molecule has 0 aliphatic carbocycles. The van der Waals surface area contributed by atoms with E-state index in [1.54, 1.807) is 24.3 Å². The van der Waals surface area contributed by atoms with Gasteiger partial charge in [0.2, 0.25) is 0 Å². The zero-order valence-corrected chi connectivity index (χ0v) is 17.7. The van der Waals surface area contributed by atoms with Crippen LogP contribution in [0.25, 0.3) is 22.4 Å². The summed E-state index contributed by atoms with van der Waals surface area (Å²) in [5.74, 6) is -0.0691. The monoisotopic (exact) mass is 495 g/mol. The number of halogens is 2. The van der Waals surface area contributed by atoms with Crippen molar-refractivity contribution in [1.82, 2.24) is 4.98 Å². The van der Waals surface area contributed by atoms with Crippen molar-refractivity contribution in [3.63, 3.8) is 0 Å². The van der Waals surface area contributed by atoms with Crippen LogP contribution in [0.4, 0.5) is 0 Å². The van der Waals surface area contributed by atoms with Gasteiger partial charge in [0.25, 0.3) is 0 Å². The summed E-state index contributed by atoms with van der Waals surface area (Å²) in [6.07, 6.45) is 1.82. The van der Waals surface area contributed by atoms with Crippen molar-refractivity contribution >= 4 is 40.0 Å². The lowest BCUT2D eigenvalue weighted by Crippen LogP contribution is -2.09. The van der Waals surface area contributed by atoms with Gasteiger partial charge in [-0.1, -0.05) is 72.3 Å². The number of rotatable bonds is 4. The van der Waals surface area contributed by atoms with Gasteiger partial charge in [-0.05, 0) is 52.4 Å². The second-order valence-corrected chi connectivity index (χ2v) is 7.87. The van der Waals surface area contributed by atoms with E-state index < -0.39 is 0 Å². The summed E-state index contributed by atoms with van der Waals surface area (Å²) in [5, 5.41) is 0.601. The Morgan fingerprint density at radius 2 is 1.36 bits per heavy atom.